The fourth-order valence-electron chi connectivity index (χ4n) is 1.02. The Morgan fingerprint density at radius 3 is 2.86 bits per heavy atom. The Hall–Kier alpha value is -2.17. The summed E-state index contributed by atoms with van der Waals surface area (Å²) in [5.74, 6) is -1.40. The van der Waals surface area contributed by atoms with Crippen molar-refractivity contribution >= 4 is 5.97 Å². The molecule has 0 aliphatic carbocycles. The molecule has 5 nitrogen and oxygen atoms in total. The maximum Gasteiger partial charge on any atom is 0.375 e. The Morgan fingerprint density at radius 2 is 2.14 bits per heavy atom. The molecule has 5 heteroatoms. The number of ether oxygens (including phenoxy) is 2. The van der Waals surface area contributed by atoms with Gasteiger partial charge in [-0.2, -0.15) is 0 Å². The highest BCUT2D eigenvalue weighted by Crippen LogP contribution is 2.34. The quantitative estimate of drug-likeness (QED) is 0.700. The number of aliphatic carboxylic acids is 1. The summed E-state index contributed by atoms with van der Waals surface area (Å²) in [5, 5.41) is 19.5. The summed E-state index contributed by atoms with van der Waals surface area (Å²) < 4.78 is 9.86. The van der Waals surface area contributed by atoms with Crippen LogP contribution in [0, 0.1) is 0 Å². The van der Waals surface area contributed by atoms with E-state index in [1.807, 2.05) is 0 Å². The largest absolute Gasteiger partial charge is 0.872 e. The third-order valence-electron chi connectivity index (χ3n) is 1.64. The summed E-state index contributed by atoms with van der Waals surface area (Å²) in [6.45, 7) is 0. The average Bonchev–Trinajstić information content (AvgIpc) is 2.16. The van der Waals surface area contributed by atoms with Crippen LogP contribution in [0.4, 0.5) is 0 Å². The highest BCUT2D eigenvalue weighted by Gasteiger charge is 2.18. The molecule has 0 fully saturated rings. The first kappa shape index (κ1) is 8.43. The maximum absolute atomic E-state index is 10.9. The number of rotatable bonds is 1. The number of hydrogen-bond donors (Lipinski definition) is 1. The number of carboxylic acids is 1. The molecule has 0 spiro atoms. The van der Waals surface area contributed by atoms with E-state index in [0.29, 0.717) is 5.75 Å². The first-order chi connectivity index (χ1) is 6.66. The van der Waals surface area contributed by atoms with Crippen LogP contribution in [0.1, 0.15) is 0 Å². The second-order valence-corrected chi connectivity index (χ2v) is 2.62. The number of carbonyl (C=O) groups is 1. The summed E-state index contributed by atoms with van der Waals surface area (Å²) in [6.07, 6.45) is 0.981. The average molecular weight is 193 g/mol. The van der Waals surface area contributed by atoms with Crippen molar-refractivity contribution in [2.45, 2.75) is 0 Å². The van der Waals surface area contributed by atoms with Gasteiger partial charge in [0, 0.05) is 0 Å². The van der Waals surface area contributed by atoms with Crippen LogP contribution in [0.3, 0.4) is 0 Å². The molecule has 1 aromatic rings. The molecular weight excluding hydrogens is 188 g/mol. The van der Waals surface area contributed by atoms with Crippen molar-refractivity contribution in [2.24, 2.45) is 0 Å². The van der Waals surface area contributed by atoms with E-state index in [0.717, 1.165) is 6.26 Å². The van der Waals surface area contributed by atoms with E-state index in [4.69, 9.17) is 14.6 Å². The lowest BCUT2D eigenvalue weighted by molar-refractivity contribution is -0.268. The SMILES string of the molecule is O=C(O)C1=COc2ccc([O-])cc2O1. The van der Waals surface area contributed by atoms with Gasteiger partial charge < -0.3 is 19.7 Å². The lowest BCUT2D eigenvalue weighted by Crippen LogP contribution is -2.13. The monoisotopic (exact) mass is 193 g/mol. The Balaban J connectivity index is 2.35. The van der Waals surface area contributed by atoms with Gasteiger partial charge >= 0.3 is 5.97 Å². The Kier molecular flexibility index (Phi) is 1.78. The molecule has 0 aromatic heterocycles. The van der Waals surface area contributed by atoms with Gasteiger partial charge in [-0.3, -0.25) is 0 Å². The minimum Gasteiger partial charge on any atom is -0.872 e. The number of carboxylic acid groups (broad SMARTS) is 1. The van der Waals surface area contributed by atoms with Crippen molar-refractivity contribution in [2.75, 3.05) is 0 Å². The lowest BCUT2D eigenvalue weighted by Gasteiger charge is -2.17. The molecule has 72 valence electrons. The molecule has 1 aliphatic rings. The van der Waals surface area contributed by atoms with Crippen LogP contribution in [0.5, 0.6) is 17.2 Å². The molecule has 1 heterocycles. The van der Waals surface area contributed by atoms with Crippen LogP contribution < -0.4 is 14.6 Å². The van der Waals surface area contributed by atoms with Crippen molar-refractivity contribution in [1.29, 1.82) is 0 Å². The van der Waals surface area contributed by atoms with E-state index in [1.165, 1.54) is 18.2 Å². The highest BCUT2D eigenvalue weighted by atomic mass is 16.6. The third kappa shape index (κ3) is 1.35. The Bertz CT molecular complexity index is 421. The van der Waals surface area contributed by atoms with E-state index in [-0.39, 0.29) is 17.3 Å². The normalized spacial score (nSPS) is 13.3. The van der Waals surface area contributed by atoms with Crippen LogP contribution >= 0.6 is 0 Å². The van der Waals surface area contributed by atoms with E-state index in [2.05, 4.69) is 0 Å². The van der Waals surface area contributed by atoms with Crippen molar-refractivity contribution < 1.29 is 24.5 Å². The molecule has 0 radical (unpaired) electrons. The predicted molar refractivity (Wildman–Crippen MR) is 42.9 cm³/mol. The zero-order valence-corrected chi connectivity index (χ0v) is 6.89. The topological polar surface area (TPSA) is 78.8 Å². The molecule has 1 N–H and O–H groups in total. The summed E-state index contributed by atoms with van der Waals surface area (Å²) in [4.78, 5) is 10.5. The van der Waals surface area contributed by atoms with Gasteiger partial charge in [0.25, 0.3) is 0 Å². The second kappa shape index (κ2) is 2.95. The van der Waals surface area contributed by atoms with E-state index >= 15 is 0 Å². The van der Waals surface area contributed by atoms with Crippen molar-refractivity contribution in [3.8, 4) is 17.2 Å². The first-order valence-corrected chi connectivity index (χ1v) is 3.76. The van der Waals surface area contributed by atoms with Gasteiger partial charge in [-0.1, -0.05) is 6.07 Å². The van der Waals surface area contributed by atoms with Crippen molar-refractivity contribution in [3.05, 3.63) is 30.2 Å². The minimum absolute atomic E-state index is 0.123. The van der Waals surface area contributed by atoms with E-state index in [1.54, 1.807) is 0 Å². The molecule has 0 saturated carbocycles. The smallest absolute Gasteiger partial charge is 0.375 e. The van der Waals surface area contributed by atoms with Gasteiger partial charge in [0.2, 0.25) is 5.76 Å². The van der Waals surface area contributed by atoms with Gasteiger partial charge in [-0.05, 0) is 12.1 Å². The second-order valence-electron chi connectivity index (χ2n) is 2.62. The molecular formula is C9H5O5-. The van der Waals surface area contributed by atoms with Crippen LogP contribution in [-0.4, -0.2) is 11.1 Å². The minimum atomic E-state index is -1.24. The molecule has 0 atom stereocenters. The molecule has 0 saturated heterocycles. The first-order valence-electron chi connectivity index (χ1n) is 3.76. The van der Waals surface area contributed by atoms with E-state index in [9.17, 15) is 9.90 Å². The van der Waals surface area contributed by atoms with Gasteiger partial charge in [0.05, 0.1) is 0 Å². The number of benzene rings is 1. The summed E-state index contributed by atoms with van der Waals surface area (Å²) in [7, 11) is 0. The standard InChI is InChI=1S/C9H6O5/c10-5-1-2-6-7(3-5)14-8(4-13-6)9(11)12/h1-4,10H,(H,11,12)/p-1. The zero-order valence-electron chi connectivity index (χ0n) is 6.89. The molecule has 0 unspecified atom stereocenters. The van der Waals surface area contributed by atoms with Gasteiger partial charge in [0.1, 0.15) is 6.26 Å². The zero-order chi connectivity index (χ0) is 10.1. The maximum atomic E-state index is 10.9. The van der Waals surface area contributed by atoms with Crippen LogP contribution in [0.25, 0.3) is 0 Å². The summed E-state index contributed by atoms with van der Waals surface area (Å²) in [5.41, 5.74) is 0. The number of fused-ring (bicyclic) bond motifs is 1. The molecule has 1 aromatic carbocycles. The highest BCUT2D eigenvalue weighted by molar-refractivity contribution is 5.85. The van der Waals surface area contributed by atoms with Gasteiger partial charge in [-0.25, -0.2) is 4.79 Å². The van der Waals surface area contributed by atoms with Crippen LogP contribution in [0.15, 0.2) is 30.2 Å². The van der Waals surface area contributed by atoms with Gasteiger partial charge in [0.15, 0.2) is 11.5 Å². The van der Waals surface area contributed by atoms with Gasteiger partial charge in [-0.15, -0.1) is 5.75 Å². The molecule has 1 aliphatic heterocycles. The lowest BCUT2D eigenvalue weighted by atomic mass is 10.3. The molecule has 2 rings (SSSR count). The molecule has 14 heavy (non-hydrogen) atoms. The summed E-state index contributed by atoms with van der Waals surface area (Å²) >= 11 is 0. The van der Waals surface area contributed by atoms with Crippen molar-refractivity contribution in [3.63, 3.8) is 0 Å². The van der Waals surface area contributed by atoms with E-state index < -0.39 is 5.97 Å². The van der Waals surface area contributed by atoms with Crippen LogP contribution in [-0.2, 0) is 4.79 Å². The fraction of sp³-hybridized carbons (Fsp3) is 0. The van der Waals surface area contributed by atoms with Crippen molar-refractivity contribution in [1.82, 2.24) is 0 Å². The molecule has 0 bridgehead atoms. The Labute approximate surface area is 78.8 Å². The predicted octanol–water partition coefficient (Wildman–Crippen LogP) is 0.457. The third-order valence-corrected chi connectivity index (χ3v) is 1.64. The fourth-order valence-corrected chi connectivity index (χ4v) is 1.02. The number of hydrogen-bond acceptors (Lipinski definition) is 4. The summed E-state index contributed by atoms with van der Waals surface area (Å²) in [6, 6.07) is 3.90. The Morgan fingerprint density at radius 1 is 1.36 bits per heavy atom. The molecule has 0 amide bonds. The van der Waals surface area contributed by atoms with Crippen LogP contribution in [0.2, 0.25) is 0 Å².